The number of rotatable bonds is 7. The molecule has 0 aliphatic carbocycles. The molecule has 44 heavy (non-hydrogen) atoms. The number of fused-ring (bicyclic) bond motifs is 1. The summed E-state index contributed by atoms with van der Waals surface area (Å²) in [6.45, 7) is 0.845. The zero-order valence-electron chi connectivity index (χ0n) is 23.3. The molecule has 16 nitrogen and oxygen atoms in total. The molecule has 1 aromatic heterocycles. The van der Waals surface area contributed by atoms with Gasteiger partial charge in [-0.2, -0.15) is 0 Å². The molecule has 2 aliphatic rings. The van der Waals surface area contributed by atoms with E-state index in [2.05, 4.69) is 0 Å². The molecule has 0 bridgehead atoms. The van der Waals surface area contributed by atoms with Crippen LogP contribution in [0.3, 0.4) is 0 Å². The highest BCUT2D eigenvalue weighted by atomic mass is 16.7. The minimum atomic E-state index is -1.94. The van der Waals surface area contributed by atoms with Crippen LogP contribution in [-0.4, -0.2) is 121 Å². The van der Waals surface area contributed by atoms with E-state index in [0.29, 0.717) is 0 Å². The zero-order valence-corrected chi connectivity index (χ0v) is 23.3. The fourth-order valence-electron chi connectivity index (χ4n) is 5.01. The van der Waals surface area contributed by atoms with Gasteiger partial charge in [0.15, 0.2) is 23.4 Å². The van der Waals surface area contributed by atoms with Crippen molar-refractivity contribution < 1.29 is 74.1 Å². The summed E-state index contributed by atoms with van der Waals surface area (Å²) >= 11 is 0. The van der Waals surface area contributed by atoms with Gasteiger partial charge in [0.2, 0.25) is 23.2 Å². The molecule has 0 unspecified atom stereocenters. The summed E-state index contributed by atoms with van der Waals surface area (Å²) in [5, 5.41) is 92.1. The van der Waals surface area contributed by atoms with Gasteiger partial charge in [0, 0.05) is 11.6 Å². The molecule has 0 saturated carbocycles. The molecule has 16 heteroatoms. The molecule has 240 valence electrons. The number of ether oxygens (including phenoxy) is 5. The monoisotopic (exact) mass is 624 g/mol. The first-order valence-electron chi connectivity index (χ1n) is 13.4. The maximum atomic E-state index is 13.8. The van der Waals surface area contributed by atoms with Gasteiger partial charge in [-0.3, -0.25) is 4.79 Å². The molecule has 2 saturated heterocycles. The van der Waals surface area contributed by atoms with Crippen LogP contribution < -0.4 is 14.9 Å². The van der Waals surface area contributed by atoms with Gasteiger partial charge >= 0.3 is 0 Å². The number of benzene rings is 2. The maximum Gasteiger partial charge on any atom is 0.239 e. The summed E-state index contributed by atoms with van der Waals surface area (Å²) in [5.41, 5.74) is -1.20. The third-order valence-corrected chi connectivity index (χ3v) is 7.51. The Morgan fingerprint density at radius 1 is 0.773 bits per heavy atom. The van der Waals surface area contributed by atoms with Crippen LogP contribution in [0.15, 0.2) is 39.5 Å². The second kappa shape index (κ2) is 12.4. The molecule has 3 aromatic rings. The first kappa shape index (κ1) is 31.7. The molecule has 2 aromatic carbocycles. The highest BCUT2D eigenvalue weighted by molar-refractivity contribution is 5.93. The summed E-state index contributed by atoms with van der Waals surface area (Å²) in [4.78, 5) is 13.8. The predicted molar refractivity (Wildman–Crippen MR) is 145 cm³/mol. The van der Waals surface area contributed by atoms with Crippen molar-refractivity contribution in [3.8, 4) is 40.1 Å². The number of hydrogen-bond donors (Lipinski definition) is 9. The van der Waals surface area contributed by atoms with E-state index >= 15 is 0 Å². The zero-order chi connectivity index (χ0) is 32.0. The quantitative estimate of drug-likeness (QED) is 0.147. The van der Waals surface area contributed by atoms with Crippen LogP contribution in [0.5, 0.6) is 28.7 Å². The Balaban J connectivity index is 1.50. The number of phenolic OH excluding ortho intramolecular Hbond substituents is 3. The van der Waals surface area contributed by atoms with Crippen LogP contribution in [0.25, 0.3) is 22.3 Å². The molecule has 0 radical (unpaired) electrons. The van der Waals surface area contributed by atoms with E-state index in [1.165, 1.54) is 38.3 Å². The largest absolute Gasteiger partial charge is 0.508 e. The van der Waals surface area contributed by atoms with Gasteiger partial charge in [-0.25, -0.2) is 0 Å². The van der Waals surface area contributed by atoms with E-state index in [1.807, 2.05) is 0 Å². The van der Waals surface area contributed by atoms with E-state index in [-0.39, 0.29) is 28.4 Å². The number of aromatic hydroxyl groups is 3. The van der Waals surface area contributed by atoms with Crippen molar-refractivity contribution in [2.24, 2.45) is 0 Å². The standard InChI is InChI=1S/C28H32O16/c1-9-16(32)19(35)21(37)27(41-9)40-8-14-17(33)20(36)22(38)28(42-14)44-26-18(34)15-12(30)7-13(31)24(39-2)25(15)43-23(26)10-3-5-11(29)6-4-10/h3-7,9,14,16-17,19-22,27-33,35-38H,8H2,1-2H3/t9-,14-,16+,17+,19+,20+,21-,22-,27-,28+/m1/s1. The van der Waals surface area contributed by atoms with E-state index in [1.54, 1.807) is 0 Å². The first-order chi connectivity index (χ1) is 20.8. The normalized spacial score (nSPS) is 32.5. The van der Waals surface area contributed by atoms with Crippen LogP contribution in [-0.2, 0) is 14.2 Å². The highest BCUT2D eigenvalue weighted by Crippen LogP contribution is 2.43. The number of methoxy groups -OCH3 is 1. The van der Waals surface area contributed by atoms with Crippen LogP contribution in [0.2, 0.25) is 0 Å². The fraction of sp³-hybridized carbons (Fsp3) is 0.464. The highest BCUT2D eigenvalue weighted by Gasteiger charge is 2.48. The Morgan fingerprint density at radius 2 is 1.41 bits per heavy atom. The molecule has 0 amide bonds. The van der Waals surface area contributed by atoms with E-state index in [9.17, 15) is 50.8 Å². The molecule has 5 rings (SSSR count). The molecular weight excluding hydrogens is 592 g/mol. The molecule has 9 N–H and O–H groups in total. The third kappa shape index (κ3) is 5.63. The minimum Gasteiger partial charge on any atom is -0.508 e. The van der Waals surface area contributed by atoms with Gasteiger partial charge < -0.3 is 74.1 Å². The van der Waals surface area contributed by atoms with Crippen molar-refractivity contribution in [2.75, 3.05) is 13.7 Å². The third-order valence-electron chi connectivity index (χ3n) is 7.51. The fourth-order valence-corrected chi connectivity index (χ4v) is 5.01. The van der Waals surface area contributed by atoms with E-state index < -0.39 is 96.1 Å². The summed E-state index contributed by atoms with van der Waals surface area (Å²) < 4.78 is 33.3. The van der Waals surface area contributed by atoms with Crippen LogP contribution >= 0.6 is 0 Å². The van der Waals surface area contributed by atoms with Crippen LogP contribution in [0.1, 0.15) is 6.92 Å². The topological polar surface area (TPSA) is 258 Å². The second-order valence-corrected chi connectivity index (χ2v) is 10.4. The average molecular weight is 625 g/mol. The Morgan fingerprint density at radius 3 is 2.07 bits per heavy atom. The molecule has 10 atom stereocenters. The van der Waals surface area contributed by atoms with E-state index in [0.717, 1.165) is 6.07 Å². The molecule has 2 fully saturated rings. The number of phenols is 3. The number of hydrogen-bond acceptors (Lipinski definition) is 16. The van der Waals surface area contributed by atoms with E-state index in [4.69, 9.17) is 28.1 Å². The van der Waals surface area contributed by atoms with Gasteiger partial charge in [-0.15, -0.1) is 0 Å². The molecule has 2 aliphatic heterocycles. The van der Waals surface area contributed by atoms with Crippen LogP contribution in [0.4, 0.5) is 0 Å². The lowest BCUT2D eigenvalue weighted by molar-refractivity contribution is -0.318. The average Bonchev–Trinajstić information content (AvgIpc) is 2.99. The minimum absolute atomic E-state index is 0.123. The van der Waals surface area contributed by atoms with Crippen LogP contribution in [0, 0.1) is 0 Å². The lowest BCUT2D eigenvalue weighted by Crippen LogP contribution is -2.61. The Kier molecular flexibility index (Phi) is 8.90. The summed E-state index contributed by atoms with van der Waals surface area (Å²) in [7, 11) is 1.19. The molecular formula is C28H32O16. The van der Waals surface area contributed by atoms with Gasteiger partial charge in [0.25, 0.3) is 0 Å². The lowest BCUT2D eigenvalue weighted by Gasteiger charge is -2.42. The van der Waals surface area contributed by atoms with Gasteiger partial charge in [-0.05, 0) is 31.2 Å². The van der Waals surface area contributed by atoms with Crippen molar-refractivity contribution >= 4 is 11.0 Å². The van der Waals surface area contributed by atoms with Gasteiger partial charge in [-0.1, -0.05) is 0 Å². The van der Waals surface area contributed by atoms with Crippen molar-refractivity contribution in [1.29, 1.82) is 0 Å². The summed E-state index contributed by atoms with van der Waals surface area (Å²) in [6, 6.07) is 6.12. The molecule has 0 spiro atoms. The first-order valence-corrected chi connectivity index (χ1v) is 13.4. The SMILES string of the molecule is COc1c(O)cc(O)c2c(=O)c(O[C@@H]3O[C@H](CO[C@@H]4O[C@H](C)[C@H](O)[C@H](O)[C@H]4O)[C@H](O)[C@H](O)[C@H]3O)c(-c3ccc(O)cc3)oc12. The molecule has 3 heterocycles. The van der Waals surface area contributed by atoms with Crippen molar-refractivity contribution in [2.45, 2.75) is 68.3 Å². The lowest BCUT2D eigenvalue weighted by atomic mass is 9.98. The Hall–Kier alpha value is -3.71. The summed E-state index contributed by atoms with van der Waals surface area (Å²) in [6.07, 6.45) is -16.0. The summed E-state index contributed by atoms with van der Waals surface area (Å²) in [5.74, 6) is -2.59. The number of aliphatic hydroxyl groups is 6. The van der Waals surface area contributed by atoms with Crippen molar-refractivity contribution in [1.82, 2.24) is 0 Å². The van der Waals surface area contributed by atoms with Crippen molar-refractivity contribution in [3.05, 3.63) is 40.6 Å². The van der Waals surface area contributed by atoms with Gasteiger partial charge in [0.05, 0.1) is 19.8 Å². The Labute approximate surface area is 248 Å². The van der Waals surface area contributed by atoms with Gasteiger partial charge in [0.1, 0.15) is 59.6 Å². The smallest absolute Gasteiger partial charge is 0.239 e. The van der Waals surface area contributed by atoms with Crippen molar-refractivity contribution in [3.63, 3.8) is 0 Å². The maximum absolute atomic E-state index is 13.8. The number of aliphatic hydroxyl groups excluding tert-OH is 6. The Bertz CT molecular complexity index is 1540. The predicted octanol–water partition coefficient (Wildman–Crippen LogP) is -1.38. The second-order valence-electron chi connectivity index (χ2n) is 10.4.